The second-order valence-electron chi connectivity index (χ2n) is 10.1. The summed E-state index contributed by atoms with van der Waals surface area (Å²) < 4.78 is 63.5. The van der Waals surface area contributed by atoms with Gasteiger partial charge < -0.3 is 25.3 Å². The van der Waals surface area contributed by atoms with Crippen LogP contribution in [0.2, 0.25) is 0 Å². The molecule has 0 aromatic carbocycles. The number of carbonyl (C=O) groups excluding carboxylic acids is 1. The quantitative estimate of drug-likeness (QED) is 0.440. The van der Waals surface area contributed by atoms with Gasteiger partial charge in [0.2, 0.25) is 0 Å². The summed E-state index contributed by atoms with van der Waals surface area (Å²) in [6.07, 6.45) is -3.12. The number of halogens is 6. The average molecular weight is 585 g/mol. The van der Waals surface area contributed by atoms with Crippen LogP contribution in [0.25, 0.3) is 0 Å². The highest BCUT2D eigenvalue weighted by Crippen LogP contribution is 2.31. The van der Waals surface area contributed by atoms with Crippen LogP contribution in [0.4, 0.5) is 32.2 Å². The van der Waals surface area contributed by atoms with Crippen molar-refractivity contribution < 1.29 is 50.9 Å². The Kier molecular flexibility index (Phi) is 11.6. The smallest absolute Gasteiger partial charge is 0.475 e. The molecule has 1 saturated carbocycles. The molecule has 1 aromatic rings. The number of carboxylic acid groups (broad SMARTS) is 2. The summed E-state index contributed by atoms with van der Waals surface area (Å²) in [5.74, 6) is -3.65. The van der Waals surface area contributed by atoms with E-state index in [1.807, 2.05) is 4.90 Å². The van der Waals surface area contributed by atoms with E-state index >= 15 is 0 Å². The van der Waals surface area contributed by atoms with Crippen molar-refractivity contribution in [1.82, 2.24) is 14.8 Å². The highest BCUT2D eigenvalue weighted by Gasteiger charge is 2.39. The van der Waals surface area contributed by atoms with Crippen molar-refractivity contribution in [2.45, 2.75) is 70.8 Å². The predicted octanol–water partition coefficient (Wildman–Crippen LogP) is 4.22. The average Bonchev–Trinajstić information content (AvgIpc) is 3.53. The summed E-state index contributed by atoms with van der Waals surface area (Å²) in [5.41, 5.74) is 3.24. The van der Waals surface area contributed by atoms with E-state index in [4.69, 9.17) is 24.8 Å². The monoisotopic (exact) mass is 584 g/mol. The zero-order valence-electron chi connectivity index (χ0n) is 22.2. The fourth-order valence-corrected chi connectivity index (χ4v) is 4.17. The van der Waals surface area contributed by atoms with Crippen LogP contribution < -0.4 is 5.32 Å². The van der Waals surface area contributed by atoms with Crippen molar-refractivity contribution in [3.05, 3.63) is 22.9 Å². The molecule has 0 radical (unpaired) electrons. The number of pyridine rings is 1. The Bertz CT molecular complexity index is 1010. The van der Waals surface area contributed by atoms with Gasteiger partial charge in [-0.25, -0.2) is 14.6 Å². The third-order valence-electron chi connectivity index (χ3n) is 6.30. The van der Waals surface area contributed by atoms with E-state index in [9.17, 15) is 31.1 Å². The van der Waals surface area contributed by atoms with E-state index < -0.39 is 24.3 Å². The standard InChI is InChI=1S/C21H32N4O.2C2HF3O2/c1-15(2)22-20-18(21(26)25-9-3-4-10-25)13-17-7-11-24(14-16-5-6-16)12-8-19(17)23-20;2*3-2(4,5)1(6)7/h13,15-16H,3-12,14H2,1-2H3,(H,22,23);2*(H,6,7). The summed E-state index contributed by atoms with van der Waals surface area (Å²) in [4.78, 5) is 40.4. The summed E-state index contributed by atoms with van der Waals surface area (Å²) in [5, 5.41) is 17.7. The van der Waals surface area contributed by atoms with E-state index in [1.54, 1.807) is 0 Å². The van der Waals surface area contributed by atoms with Crippen LogP contribution in [-0.4, -0.2) is 94.0 Å². The maximum Gasteiger partial charge on any atom is 0.490 e. The van der Waals surface area contributed by atoms with Gasteiger partial charge in [-0.2, -0.15) is 26.3 Å². The second kappa shape index (κ2) is 14.0. The lowest BCUT2D eigenvalue weighted by Gasteiger charge is -2.21. The minimum atomic E-state index is -5.08. The molecule has 2 aliphatic heterocycles. The molecule has 40 heavy (non-hydrogen) atoms. The van der Waals surface area contributed by atoms with Crippen molar-refractivity contribution >= 4 is 23.7 Å². The molecule has 0 bridgehead atoms. The van der Waals surface area contributed by atoms with E-state index in [2.05, 4.69) is 30.1 Å². The van der Waals surface area contributed by atoms with Gasteiger partial charge in [-0.3, -0.25) is 4.79 Å². The Morgan fingerprint density at radius 2 is 1.45 bits per heavy atom. The van der Waals surface area contributed by atoms with Crippen molar-refractivity contribution in [2.24, 2.45) is 5.92 Å². The number of amides is 1. The highest BCUT2D eigenvalue weighted by molar-refractivity contribution is 5.99. The highest BCUT2D eigenvalue weighted by atomic mass is 19.4. The number of fused-ring (bicyclic) bond motifs is 1. The number of aromatic nitrogens is 1. The third-order valence-corrected chi connectivity index (χ3v) is 6.30. The number of aliphatic carboxylic acids is 2. The Balaban J connectivity index is 0.000000333. The normalized spacial score (nSPS) is 17.6. The van der Waals surface area contributed by atoms with Gasteiger partial charge in [0.1, 0.15) is 5.82 Å². The number of carboxylic acids is 2. The number of nitrogens with one attached hydrogen (secondary N) is 1. The lowest BCUT2D eigenvalue weighted by molar-refractivity contribution is -0.193. The molecule has 1 saturated heterocycles. The maximum atomic E-state index is 13.1. The third kappa shape index (κ3) is 10.8. The van der Waals surface area contributed by atoms with Gasteiger partial charge in [0.25, 0.3) is 5.91 Å². The zero-order valence-corrected chi connectivity index (χ0v) is 22.2. The topological polar surface area (TPSA) is 123 Å². The number of nitrogens with zero attached hydrogens (tertiary/aromatic N) is 3. The fraction of sp³-hybridized carbons (Fsp3) is 0.680. The number of likely N-dealkylation sites (tertiary alicyclic amines) is 1. The Labute approximate surface area is 227 Å². The fourth-order valence-electron chi connectivity index (χ4n) is 4.17. The van der Waals surface area contributed by atoms with E-state index in [0.717, 1.165) is 69.2 Å². The van der Waals surface area contributed by atoms with Gasteiger partial charge in [0, 0.05) is 50.9 Å². The first kappa shape index (κ1) is 33.1. The van der Waals surface area contributed by atoms with Gasteiger partial charge >= 0.3 is 24.3 Å². The summed E-state index contributed by atoms with van der Waals surface area (Å²) >= 11 is 0. The van der Waals surface area contributed by atoms with Crippen LogP contribution in [-0.2, 0) is 22.4 Å². The Morgan fingerprint density at radius 3 is 1.90 bits per heavy atom. The molecule has 1 aliphatic carbocycles. The number of rotatable bonds is 5. The molecule has 3 aliphatic rings. The molecule has 226 valence electrons. The Hall–Kier alpha value is -3.10. The van der Waals surface area contributed by atoms with Crippen LogP contribution in [0.15, 0.2) is 6.07 Å². The summed E-state index contributed by atoms with van der Waals surface area (Å²) in [6, 6.07) is 2.41. The van der Waals surface area contributed by atoms with Gasteiger partial charge in [0.15, 0.2) is 0 Å². The van der Waals surface area contributed by atoms with Gasteiger partial charge in [-0.1, -0.05) is 0 Å². The number of alkyl halides is 6. The van der Waals surface area contributed by atoms with Crippen LogP contribution in [0, 0.1) is 5.92 Å². The largest absolute Gasteiger partial charge is 0.490 e. The molecule has 2 fully saturated rings. The molecule has 3 heterocycles. The molecule has 3 N–H and O–H groups in total. The summed E-state index contributed by atoms with van der Waals surface area (Å²) in [7, 11) is 0. The summed E-state index contributed by atoms with van der Waals surface area (Å²) in [6.45, 7) is 9.41. The van der Waals surface area contributed by atoms with Crippen LogP contribution in [0.5, 0.6) is 0 Å². The molecule has 1 aromatic heterocycles. The first-order chi connectivity index (χ1) is 18.5. The van der Waals surface area contributed by atoms with Crippen LogP contribution >= 0.6 is 0 Å². The van der Waals surface area contributed by atoms with E-state index in [0.29, 0.717) is 0 Å². The van der Waals surface area contributed by atoms with Crippen molar-refractivity contribution in [3.8, 4) is 0 Å². The number of hydrogen-bond donors (Lipinski definition) is 3. The molecule has 1 amide bonds. The lowest BCUT2D eigenvalue weighted by Crippen LogP contribution is -2.29. The second-order valence-corrected chi connectivity index (χ2v) is 10.1. The number of hydrogen-bond acceptors (Lipinski definition) is 6. The molecular weight excluding hydrogens is 550 g/mol. The number of anilines is 1. The molecular formula is C25H34F6N4O5. The van der Waals surface area contributed by atoms with Crippen molar-refractivity contribution in [1.29, 1.82) is 0 Å². The first-order valence-electron chi connectivity index (χ1n) is 12.9. The van der Waals surface area contributed by atoms with Gasteiger partial charge in [-0.05, 0) is 63.5 Å². The lowest BCUT2D eigenvalue weighted by atomic mass is 10.0. The molecule has 0 atom stereocenters. The molecule has 9 nitrogen and oxygen atoms in total. The SMILES string of the molecule is CC(C)Nc1nc2c(cc1C(=O)N1CCCC1)CCN(CC1CC1)CC2.O=C(O)C(F)(F)F.O=C(O)C(F)(F)F. The van der Waals surface area contributed by atoms with Gasteiger partial charge in [0.05, 0.1) is 5.56 Å². The predicted molar refractivity (Wildman–Crippen MR) is 132 cm³/mol. The molecule has 15 heteroatoms. The minimum absolute atomic E-state index is 0.153. The van der Waals surface area contributed by atoms with Crippen LogP contribution in [0.3, 0.4) is 0 Å². The van der Waals surface area contributed by atoms with E-state index in [-0.39, 0.29) is 11.9 Å². The van der Waals surface area contributed by atoms with Crippen LogP contribution in [0.1, 0.15) is 61.1 Å². The van der Waals surface area contributed by atoms with Crippen molar-refractivity contribution in [2.75, 3.05) is 38.0 Å². The molecule has 0 spiro atoms. The first-order valence-corrected chi connectivity index (χ1v) is 12.9. The Morgan fingerprint density at radius 1 is 0.950 bits per heavy atom. The van der Waals surface area contributed by atoms with E-state index in [1.165, 1.54) is 30.6 Å². The molecule has 0 unspecified atom stereocenters. The molecule has 4 rings (SSSR count). The minimum Gasteiger partial charge on any atom is -0.475 e. The maximum absolute atomic E-state index is 13.1. The van der Waals surface area contributed by atoms with Crippen molar-refractivity contribution in [3.63, 3.8) is 0 Å². The number of carbonyl (C=O) groups is 3. The zero-order chi connectivity index (χ0) is 30.3. The van der Waals surface area contributed by atoms with Gasteiger partial charge in [-0.15, -0.1) is 0 Å².